The minimum absolute atomic E-state index is 0.0358. The topological polar surface area (TPSA) is 17.1 Å². The Balaban J connectivity index is 2.01. The molecule has 2 heteroatoms. The monoisotopic (exact) mass is 416 g/mol. The van der Waals surface area contributed by atoms with Gasteiger partial charge in [0.2, 0.25) is 0 Å². The summed E-state index contributed by atoms with van der Waals surface area (Å²) >= 11 is 6.21. The van der Waals surface area contributed by atoms with Crippen LogP contribution < -0.4 is 0 Å². The minimum atomic E-state index is -0.0656. The summed E-state index contributed by atoms with van der Waals surface area (Å²) in [5.74, 6) is 0.119. The molecule has 30 heavy (non-hydrogen) atoms. The predicted molar refractivity (Wildman–Crippen MR) is 128 cm³/mol. The van der Waals surface area contributed by atoms with E-state index in [-0.39, 0.29) is 16.6 Å². The Morgan fingerprint density at radius 2 is 1.27 bits per heavy atom. The molecule has 1 aliphatic carbocycles. The highest BCUT2D eigenvalue weighted by Gasteiger charge is 2.32. The molecule has 1 nitrogen and oxygen atoms in total. The van der Waals surface area contributed by atoms with Gasteiger partial charge in [-0.1, -0.05) is 71.3 Å². The fourth-order valence-electron chi connectivity index (χ4n) is 4.36. The SMILES string of the molecule is Cc1cc(Cl)ccc1-c1cc2c(cc1C(C)(C)C)-c1cc(C(C)(C)C)ccc1C2=O. The van der Waals surface area contributed by atoms with Gasteiger partial charge in [0.1, 0.15) is 0 Å². The molecular weight excluding hydrogens is 388 g/mol. The third-order valence-electron chi connectivity index (χ3n) is 6.11. The van der Waals surface area contributed by atoms with Crippen LogP contribution in [0.25, 0.3) is 22.3 Å². The molecule has 0 heterocycles. The van der Waals surface area contributed by atoms with Crippen molar-refractivity contribution < 1.29 is 4.79 Å². The molecule has 154 valence electrons. The molecule has 0 saturated heterocycles. The Kier molecular flexibility index (Phi) is 4.74. The summed E-state index contributed by atoms with van der Waals surface area (Å²) in [4.78, 5) is 13.3. The number of hydrogen-bond acceptors (Lipinski definition) is 1. The molecule has 0 bridgehead atoms. The summed E-state index contributed by atoms with van der Waals surface area (Å²) < 4.78 is 0. The van der Waals surface area contributed by atoms with Crippen molar-refractivity contribution in [2.24, 2.45) is 0 Å². The Morgan fingerprint density at radius 3 is 1.87 bits per heavy atom. The Bertz CT molecular complexity index is 1190. The second-order valence-electron chi connectivity index (χ2n) is 10.5. The van der Waals surface area contributed by atoms with Gasteiger partial charge < -0.3 is 0 Å². The molecule has 0 radical (unpaired) electrons. The van der Waals surface area contributed by atoms with Gasteiger partial charge in [-0.2, -0.15) is 0 Å². The van der Waals surface area contributed by atoms with E-state index in [1.54, 1.807) is 0 Å². The van der Waals surface area contributed by atoms with Crippen molar-refractivity contribution >= 4 is 17.4 Å². The van der Waals surface area contributed by atoms with Gasteiger partial charge in [0.15, 0.2) is 5.78 Å². The molecule has 0 saturated carbocycles. The van der Waals surface area contributed by atoms with Crippen LogP contribution in [0.2, 0.25) is 5.02 Å². The molecule has 0 N–H and O–H groups in total. The van der Waals surface area contributed by atoms with E-state index in [9.17, 15) is 4.79 Å². The first-order valence-electron chi connectivity index (χ1n) is 10.5. The normalized spacial score (nSPS) is 13.4. The van der Waals surface area contributed by atoms with Crippen molar-refractivity contribution in [1.29, 1.82) is 0 Å². The van der Waals surface area contributed by atoms with E-state index in [1.165, 1.54) is 11.1 Å². The van der Waals surface area contributed by atoms with E-state index in [0.717, 1.165) is 44.0 Å². The number of hydrogen-bond donors (Lipinski definition) is 0. The molecule has 0 amide bonds. The van der Waals surface area contributed by atoms with Crippen LogP contribution in [0.15, 0.2) is 48.5 Å². The average Bonchev–Trinajstić information content (AvgIpc) is 2.91. The van der Waals surface area contributed by atoms with Crippen LogP contribution >= 0.6 is 11.6 Å². The lowest BCUT2D eigenvalue weighted by atomic mass is 9.79. The number of aryl methyl sites for hydroxylation is 1. The van der Waals surface area contributed by atoms with Gasteiger partial charge in [-0.15, -0.1) is 0 Å². The summed E-state index contributed by atoms with van der Waals surface area (Å²) in [6.07, 6.45) is 0. The van der Waals surface area contributed by atoms with Crippen LogP contribution in [0.4, 0.5) is 0 Å². The summed E-state index contributed by atoms with van der Waals surface area (Å²) in [6.45, 7) is 15.4. The van der Waals surface area contributed by atoms with Crippen molar-refractivity contribution in [3.8, 4) is 22.3 Å². The lowest BCUT2D eigenvalue weighted by molar-refractivity contribution is 0.104. The summed E-state index contributed by atoms with van der Waals surface area (Å²) in [7, 11) is 0. The Labute approximate surface area is 185 Å². The molecular formula is C28H29ClO. The number of benzene rings is 3. The maximum Gasteiger partial charge on any atom is 0.194 e. The molecule has 0 atom stereocenters. The molecule has 1 aliphatic rings. The highest BCUT2D eigenvalue weighted by molar-refractivity contribution is 6.30. The standard InChI is InChI=1S/C28H29ClO/c1-16-12-18(29)9-11-19(16)23-14-24-22(15-25(23)28(5,6)7)21-13-17(27(2,3)4)8-10-20(21)26(24)30/h8-15H,1-7H3. The number of fused-ring (bicyclic) bond motifs is 3. The molecule has 0 aliphatic heterocycles. The van der Waals surface area contributed by atoms with Gasteiger partial charge in [0.25, 0.3) is 0 Å². The van der Waals surface area contributed by atoms with Crippen molar-refractivity contribution in [3.05, 3.63) is 81.4 Å². The fraction of sp³-hybridized carbons (Fsp3) is 0.321. The zero-order chi connectivity index (χ0) is 22.0. The van der Waals surface area contributed by atoms with Crippen molar-refractivity contribution in [2.45, 2.75) is 59.3 Å². The number of ketones is 1. The summed E-state index contributed by atoms with van der Waals surface area (Å²) in [5, 5.41) is 0.730. The maximum atomic E-state index is 13.3. The fourth-order valence-corrected chi connectivity index (χ4v) is 4.59. The van der Waals surface area contributed by atoms with Gasteiger partial charge in [0.05, 0.1) is 0 Å². The molecule has 3 aromatic rings. The zero-order valence-electron chi connectivity index (χ0n) is 18.9. The largest absolute Gasteiger partial charge is 0.289 e. The lowest BCUT2D eigenvalue weighted by Crippen LogP contribution is -2.14. The van der Waals surface area contributed by atoms with E-state index in [4.69, 9.17) is 11.6 Å². The molecule has 4 rings (SSSR count). The second-order valence-corrected chi connectivity index (χ2v) is 10.9. The highest BCUT2D eigenvalue weighted by atomic mass is 35.5. The van der Waals surface area contributed by atoms with Crippen LogP contribution in [0, 0.1) is 6.92 Å². The predicted octanol–water partition coefficient (Wildman–Crippen LogP) is 8.12. The van der Waals surface area contributed by atoms with Gasteiger partial charge in [-0.05, 0) is 87.0 Å². The maximum absolute atomic E-state index is 13.3. The molecule has 0 fully saturated rings. The van der Waals surface area contributed by atoms with E-state index < -0.39 is 0 Å². The lowest BCUT2D eigenvalue weighted by Gasteiger charge is -2.25. The first-order chi connectivity index (χ1) is 13.9. The Hall–Kier alpha value is -2.38. The average molecular weight is 417 g/mol. The van der Waals surface area contributed by atoms with Crippen molar-refractivity contribution in [2.75, 3.05) is 0 Å². The van der Waals surface area contributed by atoms with E-state index in [1.807, 2.05) is 18.2 Å². The van der Waals surface area contributed by atoms with Crippen molar-refractivity contribution in [1.82, 2.24) is 0 Å². The zero-order valence-corrected chi connectivity index (χ0v) is 19.7. The number of carbonyl (C=O) groups is 1. The van der Waals surface area contributed by atoms with E-state index >= 15 is 0 Å². The third kappa shape index (κ3) is 3.40. The quantitative estimate of drug-likeness (QED) is 0.306. The van der Waals surface area contributed by atoms with Gasteiger partial charge in [-0.25, -0.2) is 0 Å². The van der Waals surface area contributed by atoms with Crippen LogP contribution in [0.1, 0.15) is 74.2 Å². The third-order valence-corrected chi connectivity index (χ3v) is 6.34. The molecule has 0 aromatic heterocycles. The number of rotatable bonds is 1. The van der Waals surface area contributed by atoms with Crippen LogP contribution in [0.5, 0.6) is 0 Å². The minimum Gasteiger partial charge on any atom is -0.289 e. The van der Waals surface area contributed by atoms with E-state index in [0.29, 0.717) is 0 Å². The van der Waals surface area contributed by atoms with Gasteiger partial charge in [0, 0.05) is 16.1 Å². The van der Waals surface area contributed by atoms with Crippen molar-refractivity contribution in [3.63, 3.8) is 0 Å². The van der Waals surface area contributed by atoms with E-state index in [2.05, 4.69) is 78.8 Å². The first-order valence-corrected chi connectivity index (χ1v) is 10.9. The molecule has 0 unspecified atom stereocenters. The van der Waals surface area contributed by atoms with Crippen LogP contribution in [-0.2, 0) is 10.8 Å². The number of carbonyl (C=O) groups excluding carboxylic acids is 1. The Morgan fingerprint density at radius 1 is 0.633 bits per heavy atom. The summed E-state index contributed by atoms with van der Waals surface area (Å²) in [5.41, 5.74) is 9.55. The summed E-state index contributed by atoms with van der Waals surface area (Å²) in [6, 6.07) is 16.6. The molecule has 0 spiro atoms. The highest BCUT2D eigenvalue weighted by Crippen LogP contribution is 2.45. The molecule has 3 aromatic carbocycles. The van der Waals surface area contributed by atoms with Crippen LogP contribution in [0.3, 0.4) is 0 Å². The van der Waals surface area contributed by atoms with Crippen LogP contribution in [-0.4, -0.2) is 5.78 Å². The smallest absolute Gasteiger partial charge is 0.194 e. The second kappa shape index (κ2) is 6.82. The van der Waals surface area contributed by atoms with Gasteiger partial charge >= 0.3 is 0 Å². The van der Waals surface area contributed by atoms with Gasteiger partial charge in [-0.3, -0.25) is 4.79 Å². The number of halogens is 1. The first kappa shape index (κ1) is 20.9.